The molecule has 0 aromatic carbocycles. The number of hydrogen-bond donors (Lipinski definition) is 3. The molecule has 0 aromatic heterocycles. The van der Waals surface area contributed by atoms with Gasteiger partial charge in [-0.2, -0.15) is 0 Å². The van der Waals surface area contributed by atoms with Gasteiger partial charge in [0.15, 0.2) is 0 Å². The van der Waals surface area contributed by atoms with Crippen LogP contribution in [0.1, 0.15) is 59.3 Å². The zero-order valence-corrected chi connectivity index (χ0v) is 12.7. The molecule has 0 atom stereocenters. The number of nitrogens with one attached hydrogen (secondary N) is 2. The van der Waals surface area contributed by atoms with Crippen LogP contribution in [-0.4, -0.2) is 30.8 Å². The van der Waals surface area contributed by atoms with Crippen molar-refractivity contribution < 1.29 is 9.90 Å². The maximum absolute atomic E-state index is 11.7. The van der Waals surface area contributed by atoms with E-state index in [0.717, 1.165) is 19.4 Å². The molecule has 0 aliphatic heterocycles. The number of rotatable bonds is 7. The van der Waals surface area contributed by atoms with E-state index < -0.39 is 0 Å². The Morgan fingerprint density at radius 3 is 2.47 bits per heavy atom. The third kappa shape index (κ3) is 6.28. The first kappa shape index (κ1) is 16.3. The number of carbonyl (C=O) groups excluding carboxylic acids is 1. The zero-order chi connectivity index (χ0) is 14.4. The van der Waals surface area contributed by atoms with Gasteiger partial charge in [-0.1, -0.05) is 33.6 Å². The molecule has 3 N–H and O–H groups in total. The van der Waals surface area contributed by atoms with Gasteiger partial charge >= 0.3 is 6.03 Å². The highest BCUT2D eigenvalue weighted by Crippen LogP contribution is 2.36. The van der Waals surface area contributed by atoms with Gasteiger partial charge in [0, 0.05) is 19.7 Å². The van der Waals surface area contributed by atoms with Crippen LogP contribution in [0.5, 0.6) is 0 Å². The van der Waals surface area contributed by atoms with Crippen LogP contribution in [0.4, 0.5) is 4.79 Å². The summed E-state index contributed by atoms with van der Waals surface area (Å²) in [6.07, 6.45) is 6.84. The highest BCUT2D eigenvalue weighted by Gasteiger charge is 2.28. The molecule has 0 unspecified atom stereocenters. The third-order valence-corrected chi connectivity index (χ3v) is 4.23. The van der Waals surface area contributed by atoms with E-state index >= 15 is 0 Å². The van der Waals surface area contributed by atoms with Crippen LogP contribution in [0, 0.1) is 10.8 Å². The first-order chi connectivity index (χ1) is 8.87. The van der Waals surface area contributed by atoms with Crippen molar-refractivity contribution in [2.24, 2.45) is 10.8 Å². The SMILES string of the molecule is CC(C)(CO)CCCNC(=O)NCC1(C)CCCC1. The second kappa shape index (κ2) is 7.13. The molecular formula is C15H30N2O2. The number of aliphatic hydroxyl groups excluding tert-OH is 1. The van der Waals surface area contributed by atoms with Gasteiger partial charge in [0.05, 0.1) is 0 Å². The molecule has 19 heavy (non-hydrogen) atoms. The quantitative estimate of drug-likeness (QED) is 0.623. The summed E-state index contributed by atoms with van der Waals surface area (Å²) in [6.45, 7) is 7.97. The predicted molar refractivity (Wildman–Crippen MR) is 78.1 cm³/mol. The second-order valence-electron chi connectivity index (χ2n) is 7.05. The Kier molecular flexibility index (Phi) is 6.11. The van der Waals surface area contributed by atoms with Crippen molar-refractivity contribution in [3.63, 3.8) is 0 Å². The van der Waals surface area contributed by atoms with Gasteiger partial charge < -0.3 is 15.7 Å². The Balaban J connectivity index is 2.08. The summed E-state index contributed by atoms with van der Waals surface area (Å²) in [5, 5.41) is 15.0. The lowest BCUT2D eigenvalue weighted by Crippen LogP contribution is -2.41. The molecule has 1 rings (SSSR count). The lowest BCUT2D eigenvalue weighted by Gasteiger charge is -2.24. The second-order valence-corrected chi connectivity index (χ2v) is 7.05. The van der Waals surface area contributed by atoms with E-state index in [2.05, 4.69) is 17.6 Å². The van der Waals surface area contributed by atoms with Crippen molar-refractivity contribution in [3.8, 4) is 0 Å². The van der Waals surface area contributed by atoms with Crippen LogP contribution in [0.25, 0.3) is 0 Å². The van der Waals surface area contributed by atoms with Gasteiger partial charge in [-0.05, 0) is 36.5 Å². The van der Waals surface area contributed by atoms with Gasteiger partial charge in [-0.3, -0.25) is 0 Å². The van der Waals surface area contributed by atoms with Gasteiger partial charge in [0.1, 0.15) is 0 Å². The van der Waals surface area contributed by atoms with E-state index in [0.29, 0.717) is 12.0 Å². The van der Waals surface area contributed by atoms with Crippen molar-refractivity contribution >= 4 is 6.03 Å². The van der Waals surface area contributed by atoms with E-state index in [1.54, 1.807) is 0 Å². The Morgan fingerprint density at radius 2 is 1.89 bits per heavy atom. The summed E-state index contributed by atoms with van der Waals surface area (Å²) < 4.78 is 0. The minimum atomic E-state index is -0.0603. The summed E-state index contributed by atoms with van der Waals surface area (Å²) in [5.74, 6) is 0. The number of amides is 2. The number of aliphatic hydroxyl groups is 1. The van der Waals surface area contributed by atoms with Crippen molar-refractivity contribution in [1.29, 1.82) is 0 Å². The van der Waals surface area contributed by atoms with Crippen LogP contribution in [-0.2, 0) is 0 Å². The van der Waals surface area contributed by atoms with Gasteiger partial charge in [-0.25, -0.2) is 4.79 Å². The number of urea groups is 1. The maximum Gasteiger partial charge on any atom is 0.314 e. The summed E-state index contributed by atoms with van der Waals surface area (Å²) in [4.78, 5) is 11.7. The molecule has 0 spiro atoms. The Morgan fingerprint density at radius 1 is 1.26 bits per heavy atom. The van der Waals surface area contributed by atoms with Crippen molar-refractivity contribution in [2.75, 3.05) is 19.7 Å². The molecule has 0 radical (unpaired) electrons. The summed E-state index contributed by atoms with van der Waals surface area (Å²) >= 11 is 0. The minimum absolute atomic E-state index is 0.0462. The predicted octanol–water partition coefficient (Wildman–Crippen LogP) is 2.66. The Hall–Kier alpha value is -0.770. The summed E-state index contributed by atoms with van der Waals surface area (Å²) in [7, 11) is 0. The zero-order valence-electron chi connectivity index (χ0n) is 12.7. The van der Waals surface area contributed by atoms with Crippen molar-refractivity contribution in [1.82, 2.24) is 10.6 Å². The molecule has 0 bridgehead atoms. The van der Waals surface area contributed by atoms with Gasteiger partial charge in [-0.15, -0.1) is 0 Å². The number of hydrogen-bond acceptors (Lipinski definition) is 2. The molecule has 0 saturated heterocycles. The monoisotopic (exact) mass is 270 g/mol. The topological polar surface area (TPSA) is 61.4 Å². The van der Waals surface area contributed by atoms with E-state index in [1.807, 2.05) is 13.8 Å². The lowest BCUT2D eigenvalue weighted by atomic mass is 9.89. The highest BCUT2D eigenvalue weighted by atomic mass is 16.3. The standard InChI is InChI=1S/C15H30N2O2/c1-14(2,12-18)7-6-10-16-13(19)17-11-15(3)8-4-5-9-15/h18H,4-12H2,1-3H3,(H2,16,17,19). The fourth-order valence-corrected chi connectivity index (χ4v) is 2.61. The van der Waals surface area contributed by atoms with Crippen LogP contribution < -0.4 is 10.6 Å². The molecule has 4 nitrogen and oxygen atoms in total. The molecule has 2 amide bonds. The summed E-state index contributed by atoms with van der Waals surface area (Å²) in [6, 6.07) is -0.0603. The highest BCUT2D eigenvalue weighted by molar-refractivity contribution is 5.73. The maximum atomic E-state index is 11.7. The molecule has 1 aliphatic carbocycles. The fourth-order valence-electron chi connectivity index (χ4n) is 2.61. The normalized spacial score (nSPS) is 18.3. The van der Waals surface area contributed by atoms with Crippen molar-refractivity contribution in [3.05, 3.63) is 0 Å². The minimum Gasteiger partial charge on any atom is -0.396 e. The van der Waals surface area contributed by atoms with E-state index in [1.165, 1.54) is 25.7 Å². The van der Waals surface area contributed by atoms with Gasteiger partial charge in [0.25, 0.3) is 0 Å². The Bertz CT molecular complexity index is 284. The van der Waals surface area contributed by atoms with Crippen molar-refractivity contribution in [2.45, 2.75) is 59.3 Å². The van der Waals surface area contributed by atoms with E-state index in [-0.39, 0.29) is 18.1 Å². The smallest absolute Gasteiger partial charge is 0.314 e. The molecular weight excluding hydrogens is 240 g/mol. The van der Waals surface area contributed by atoms with E-state index in [4.69, 9.17) is 5.11 Å². The first-order valence-electron chi connectivity index (χ1n) is 7.50. The lowest BCUT2D eigenvalue weighted by molar-refractivity contribution is 0.148. The molecule has 1 aliphatic rings. The summed E-state index contributed by atoms with van der Waals surface area (Å²) in [5.41, 5.74) is 0.256. The average Bonchev–Trinajstić information content (AvgIpc) is 2.80. The van der Waals surface area contributed by atoms with Gasteiger partial charge in [0.2, 0.25) is 0 Å². The molecule has 1 saturated carbocycles. The van der Waals surface area contributed by atoms with Crippen LogP contribution >= 0.6 is 0 Å². The Labute approximate surface area is 117 Å². The molecule has 112 valence electrons. The molecule has 4 heteroatoms. The third-order valence-electron chi connectivity index (χ3n) is 4.23. The largest absolute Gasteiger partial charge is 0.396 e. The van der Waals surface area contributed by atoms with Crippen LogP contribution in [0.2, 0.25) is 0 Å². The molecule has 1 fully saturated rings. The van der Waals surface area contributed by atoms with E-state index in [9.17, 15) is 4.79 Å². The molecule has 0 heterocycles. The number of carbonyl (C=O) groups is 1. The van der Waals surface area contributed by atoms with Crippen LogP contribution in [0.15, 0.2) is 0 Å². The average molecular weight is 270 g/mol. The van der Waals surface area contributed by atoms with Crippen LogP contribution in [0.3, 0.4) is 0 Å². The first-order valence-corrected chi connectivity index (χ1v) is 7.50. The fraction of sp³-hybridized carbons (Fsp3) is 0.933. The molecule has 0 aromatic rings.